The van der Waals surface area contributed by atoms with Crippen molar-refractivity contribution in [2.75, 3.05) is 4.67 Å². The van der Waals surface area contributed by atoms with E-state index in [0.29, 0.717) is 11.6 Å². The molecule has 0 amide bonds. The first kappa shape index (κ1) is 20.0. The molecule has 0 aliphatic carbocycles. The predicted octanol–water partition coefficient (Wildman–Crippen LogP) is 8.22. The number of nitrogens with zero attached hydrogens (tertiary/aromatic N) is 1. The van der Waals surface area contributed by atoms with Crippen molar-refractivity contribution in [1.82, 2.24) is 0 Å². The van der Waals surface area contributed by atoms with E-state index in [1.165, 1.54) is 21.9 Å². The van der Waals surface area contributed by atoms with E-state index in [-0.39, 0.29) is 0 Å². The fraction of sp³-hybridized carbons (Fsp3) is 0.0833. The highest BCUT2D eigenvalue weighted by atomic mass is 35.5. The first-order valence-electron chi connectivity index (χ1n) is 9.62. The molecule has 150 valence electrons. The zero-order chi connectivity index (χ0) is 20.7. The Balaban J connectivity index is 1.63. The van der Waals surface area contributed by atoms with Crippen LogP contribution in [0, 0.1) is 6.92 Å². The monoisotopic (exact) mass is 467 g/mol. The number of fused-ring (bicyclic) bond motifs is 3. The van der Waals surface area contributed by atoms with Crippen LogP contribution in [0.1, 0.15) is 11.1 Å². The Labute approximate surface area is 190 Å². The van der Waals surface area contributed by atoms with Gasteiger partial charge in [0, 0.05) is 21.2 Å². The molecule has 30 heavy (non-hydrogen) atoms. The third-order valence-corrected chi connectivity index (χ3v) is 11.2. The normalized spacial score (nSPS) is 18.1. The Morgan fingerprint density at radius 3 is 2.43 bits per heavy atom. The van der Waals surface area contributed by atoms with E-state index >= 15 is 0 Å². The van der Waals surface area contributed by atoms with Crippen LogP contribution in [0.4, 0.5) is 5.69 Å². The number of anilines is 1. The highest BCUT2D eigenvalue weighted by molar-refractivity contribution is 8.69. The lowest BCUT2D eigenvalue weighted by Crippen LogP contribution is -2.25. The first-order valence-corrected chi connectivity index (χ1v) is 14.1. The minimum absolute atomic E-state index is 0.703. The Bertz CT molecular complexity index is 1270. The summed E-state index contributed by atoms with van der Waals surface area (Å²) in [5.41, 5.74) is 0.964. The van der Waals surface area contributed by atoms with E-state index in [9.17, 15) is 0 Å². The van der Waals surface area contributed by atoms with E-state index in [1.54, 1.807) is 11.4 Å². The van der Waals surface area contributed by atoms with Crippen molar-refractivity contribution < 1.29 is 4.52 Å². The van der Waals surface area contributed by atoms with Crippen LogP contribution in [0.2, 0.25) is 5.02 Å². The maximum atomic E-state index is 6.64. The van der Waals surface area contributed by atoms with Crippen molar-refractivity contribution in [3.8, 4) is 5.75 Å². The summed E-state index contributed by atoms with van der Waals surface area (Å²) in [6.45, 7) is 2.79. The fourth-order valence-corrected chi connectivity index (χ4v) is 9.40. The molecule has 5 rings (SSSR count). The van der Waals surface area contributed by atoms with Gasteiger partial charge in [0.1, 0.15) is 5.75 Å². The van der Waals surface area contributed by atoms with Gasteiger partial charge in [-0.25, -0.2) is 0 Å². The van der Waals surface area contributed by atoms with Crippen LogP contribution in [0.25, 0.3) is 10.8 Å². The Kier molecular flexibility index (Phi) is 5.28. The number of rotatable bonds is 3. The van der Waals surface area contributed by atoms with Gasteiger partial charge in [-0.3, -0.25) is 0 Å². The summed E-state index contributed by atoms with van der Waals surface area (Å²) in [6, 6.07) is 28.9. The van der Waals surface area contributed by atoms with Crippen LogP contribution >= 0.6 is 28.6 Å². The third kappa shape index (κ3) is 3.74. The maximum Gasteiger partial charge on any atom is 0.267 e. The van der Waals surface area contributed by atoms with Gasteiger partial charge in [-0.05, 0) is 83.3 Å². The fourth-order valence-electron chi connectivity index (χ4n) is 3.62. The molecular formula is C24H19ClNOPS2. The highest BCUT2D eigenvalue weighted by Gasteiger charge is 2.36. The Morgan fingerprint density at radius 2 is 1.67 bits per heavy atom. The van der Waals surface area contributed by atoms with Gasteiger partial charge >= 0.3 is 0 Å². The van der Waals surface area contributed by atoms with Crippen LogP contribution in [-0.2, 0) is 18.4 Å². The van der Waals surface area contributed by atoms with Gasteiger partial charge in [-0.15, -0.1) is 0 Å². The van der Waals surface area contributed by atoms with Crippen molar-refractivity contribution in [2.24, 2.45) is 0 Å². The lowest BCUT2D eigenvalue weighted by atomic mass is 10.0. The molecule has 4 aromatic rings. The van der Waals surface area contributed by atoms with Crippen LogP contribution in [0.3, 0.4) is 0 Å². The number of hydrogen-bond donors (Lipinski definition) is 0. The lowest BCUT2D eigenvalue weighted by Gasteiger charge is -2.40. The quantitative estimate of drug-likeness (QED) is 0.281. The Morgan fingerprint density at radius 1 is 0.933 bits per heavy atom. The minimum Gasteiger partial charge on any atom is -0.440 e. The largest absolute Gasteiger partial charge is 0.440 e. The number of benzene rings is 4. The molecule has 4 aromatic carbocycles. The van der Waals surface area contributed by atoms with Crippen LogP contribution in [0.15, 0.2) is 89.8 Å². The molecule has 0 spiro atoms. The van der Waals surface area contributed by atoms with Crippen molar-refractivity contribution in [3.63, 3.8) is 0 Å². The van der Waals surface area contributed by atoms with Crippen molar-refractivity contribution >= 4 is 56.9 Å². The summed E-state index contributed by atoms with van der Waals surface area (Å²) in [5, 5.41) is 3.12. The minimum atomic E-state index is -2.47. The second-order valence-corrected chi connectivity index (χ2v) is 14.2. The summed E-state index contributed by atoms with van der Waals surface area (Å²) < 4.78 is 8.89. The van der Waals surface area contributed by atoms with E-state index in [2.05, 4.69) is 72.3 Å². The van der Waals surface area contributed by atoms with Gasteiger partial charge in [0.2, 0.25) is 0 Å². The van der Waals surface area contributed by atoms with Crippen LogP contribution in [0.5, 0.6) is 5.75 Å². The first-order chi connectivity index (χ1) is 14.5. The molecule has 0 aromatic heterocycles. The second kappa shape index (κ2) is 7.94. The van der Waals surface area contributed by atoms with E-state index in [4.69, 9.17) is 27.9 Å². The molecule has 0 saturated heterocycles. The highest BCUT2D eigenvalue weighted by Crippen LogP contribution is 2.69. The molecule has 0 N–H and O–H groups in total. The van der Waals surface area contributed by atoms with Gasteiger partial charge in [0.15, 0.2) is 0 Å². The lowest BCUT2D eigenvalue weighted by molar-refractivity contribution is 0.593. The number of aryl methyl sites for hydroxylation is 1. The summed E-state index contributed by atoms with van der Waals surface area (Å²) in [4.78, 5) is 1.12. The second-order valence-electron chi connectivity index (χ2n) is 7.26. The maximum absolute atomic E-state index is 6.64. The number of halogens is 1. The molecule has 6 heteroatoms. The standard InChI is InChI=1S/C24H19ClNOPS2/c1-17-6-13-21(14-7-17)30-28(29)26(20-11-9-19(25)10-12-20)16-23-22-5-3-2-4-18(22)8-15-24(23)27-28/h2-15H,16H2,1H3. The van der Waals surface area contributed by atoms with Crippen LogP contribution < -0.4 is 9.19 Å². The molecule has 1 aliphatic heterocycles. The summed E-state index contributed by atoms with van der Waals surface area (Å²) in [5.74, 6) is 0.891. The molecule has 1 aliphatic rings. The molecular weight excluding hydrogens is 449 g/mol. The zero-order valence-electron chi connectivity index (χ0n) is 16.3. The van der Waals surface area contributed by atoms with Crippen molar-refractivity contribution in [1.29, 1.82) is 0 Å². The molecule has 0 radical (unpaired) electrons. The average molecular weight is 468 g/mol. The molecule has 1 unspecified atom stereocenters. The molecule has 0 bridgehead atoms. The van der Waals surface area contributed by atoms with Gasteiger partial charge in [0.25, 0.3) is 5.62 Å². The third-order valence-electron chi connectivity index (χ3n) is 5.18. The molecule has 1 heterocycles. The van der Waals surface area contributed by atoms with E-state index < -0.39 is 5.62 Å². The summed E-state index contributed by atoms with van der Waals surface area (Å²) in [6.07, 6.45) is 0. The van der Waals surface area contributed by atoms with Crippen LogP contribution in [-0.4, -0.2) is 0 Å². The smallest absolute Gasteiger partial charge is 0.267 e. The summed E-state index contributed by atoms with van der Waals surface area (Å²) >= 11 is 14.1. The molecule has 0 fully saturated rings. The SMILES string of the molecule is Cc1ccc(SP2(=S)Oc3ccc4ccccc4c3CN2c2ccc(Cl)cc2)cc1. The Hall–Kier alpha value is -1.97. The van der Waals surface area contributed by atoms with Gasteiger partial charge in [-0.1, -0.05) is 59.6 Å². The predicted molar refractivity (Wildman–Crippen MR) is 134 cm³/mol. The van der Waals surface area contributed by atoms with E-state index in [0.717, 1.165) is 16.3 Å². The van der Waals surface area contributed by atoms with Gasteiger partial charge in [0.05, 0.1) is 6.54 Å². The number of hydrogen-bond acceptors (Lipinski definition) is 3. The van der Waals surface area contributed by atoms with Crippen molar-refractivity contribution in [3.05, 3.63) is 101 Å². The van der Waals surface area contributed by atoms with E-state index in [1.807, 2.05) is 24.3 Å². The zero-order valence-corrected chi connectivity index (χ0v) is 19.6. The topological polar surface area (TPSA) is 12.5 Å². The molecule has 2 nitrogen and oxygen atoms in total. The van der Waals surface area contributed by atoms with Gasteiger partial charge in [-0.2, -0.15) is 0 Å². The average Bonchev–Trinajstić information content (AvgIpc) is 2.75. The molecule has 0 saturated carbocycles. The van der Waals surface area contributed by atoms with Gasteiger partial charge < -0.3 is 9.19 Å². The molecule has 1 atom stereocenters. The van der Waals surface area contributed by atoms with Crippen molar-refractivity contribution in [2.45, 2.75) is 18.4 Å². The summed E-state index contributed by atoms with van der Waals surface area (Å²) in [7, 11) is 0.